The van der Waals surface area contributed by atoms with Crippen molar-refractivity contribution < 1.29 is 13.9 Å². The van der Waals surface area contributed by atoms with Crippen LogP contribution in [0.15, 0.2) is 90.5 Å². The highest BCUT2D eigenvalue weighted by atomic mass is 19.1. The lowest BCUT2D eigenvalue weighted by Crippen LogP contribution is -2.14. The average molecular weight is 436 g/mol. The first-order valence-electron chi connectivity index (χ1n) is 10.4. The van der Waals surface area contributed by atoms with E-state index in [2.05, 4.69) is 36.5 Å². The van der Waals surface area contributed by atoms with Crippen molar-refractivity contribution >= 4 is 28.4 Å². The third-order valence-electron chi connectivity index (χ3n) is 5.34. The zero-order valence-corrected chi connectivity index (χ0v) is 18.0. The highest BCUT2D eigenvalue weighted by Crippen LogP contribution is 2.24. The molecule has 5 heteroatoms. The van der Waals surface area contributed by atoms with E-state index in [1.54, 1.807) is 30.3 Å². The van der Waals surface area contributed by atoms with Crippen molar-refractivity contribution in [3.8, 4) is 11.8 Å². The van der Waals surface area contributed by atoms with Crippen LogP contribution < -0.4 is 10.1 Å². The number of aryl methyl sites for hydroxylation is 1. The summed E-state index contributed by atoms with van der Waals surface area (Å²) in [4.78, 5) is 12.4. The Morgan fingerprint density at radius 3 is 2.48 bits per heavy atom. The van der Waals surface area contributed by atoms with Gasteiger partial charge in [0.15, 0.2) is 0 Å². The summed E-state index contributed by atoms with van der Waals surface area (Å²) >= 11 is 0. The minimum Gasteiger partial charge on any atom is -0.489 e. The van der Waals surface area contributed by atoms with Gasteiger partial charge in [0, 0.05) is 5.56 Å². The minimum atomic E-state index is -0.672. The molecule has 0 aliphatic rings. The number of rotatable bonds is 6. The van der Waals surface area contributed by atoms with Gasteiger partial charge in [-0.25, -0.2) is 4.39 Å². The first-order chi connectivity index (χ1) is 16.0. The maximum atomic E-state index is 13.8. The number of nitrogens with zero attached hydrogens (tertiary/aromatic N) is 1. The van der Waals surface area contributed by atoms with Crippen LogP contribution in [-0.2, 0) is 11.4 Å². The summed E-state index contributed by atoms with van der Waals surface area (Å²) in [5.41, 5.74) is 2.85. The second kappa shape index (κ2) is 9.80. The van der Waals surface area contributed by atoms with Gasteiger partial charge in [0.2, 0.25) is 0 Å². The van der Waals surface area contributed by atoms with Gasteiger partial charge in [0.1, 0.15) is 29.8 Å². The molecule has 0 heterocycles. The van der Waals surface area contributed by atoms with Crippen LogP contribution in [-0.4, -0.2) is 5.91 Å². The molecule has 0 unspecified atom stereocenters. The van der Waals surface area contributed by atoms with Crippen molar-refractivity contribution in [1.29, 1.82) is 5.26 Å². The number of nitriles is 1. The monoisotopic (exact) mass is 436 g/mol. The second-order valence-electron chi connectivity index (χ2n) is 7.54. The second-order valence-corrected chi connectivity index (χ2v) is 7.54. The molecule has 4 nitrogen and oxygen atoms in total. The summed E-state index contributed by atoms with van der Waals surface area (Å²) in [5, 5.41) is 14.1. The van der Waals surface area contributed by atoms with E-state index in [4.69, 9.17) is 4.74 Å². The Morgan fingerprint density at radius 1 is 1.00 bits per heavy atom. The Labute approximate surface area is 191 Å². The van der Waals surface area contributed by atoms with Gasteiger partial charge in [-0.3, -0.25) is 4.79 Å². The van der Waals surface area contributed by atoms with E-state index in [-0.39, 0.29) is 11.3 Å². The van der Waals surface area contributed by atoms with E-state index in [1.807, 2.05) is 18.2 Å². The fourth-order valence-electron chi connectivity index (χ4n) is 3.52. The third kappa shape index (κ3) is 5.08. The van der Waals surface area contributed by atoms with E-state index in [0.717, 1.165) is 16.5 Å². The van der Waals surface area contributed by atoms with E-state index in [1.165, 1.54) is 29.7 Å². The summed E-state index contributed by atoms with van der Waals surface area (Å²) < 4.78 is 19.8. The highest BCUT2D eigenvalue weighted by Gasteiger charge is 2.12. The number of halogens is 1. The van der Waals surface area contributed by atoms with Gasteiger partial charge in [0.05, 0.1) is 5.69 Å². The molecule has 0 bridgehead atoms. The summed E-state index contributed by atoms with van der Waals surface area (Å²) in [7, 11) is 0. The largest absolute Gasteiger partial charge is 0.489 e. The number of fused-ring (bicyclic) bond motifs is 1. The van der Waals surface area contributed by atoms with Crippen LogP contribution in [0, 0.1) is 24.1 Å². The topological polar surface area (TPSA) is 62.1 Å². The fraction of sp³-hybridized carbons (Fsp3) is 0.0714. The molecule has 0 radical (unpaired) electrons. The Kier molecular flexibility index (Phi) is 6.47. The Hall–Kier alpha value is -4.43. The van der Waals surface area contributed by atoms with Crippen molar-refractivity contribution in [3.05, 3.63) is 113 Å². The van der Waals surface area contributed by atoms with Crippen LogP contribution in [0.1, 0.15) is 16.7 Å². The normalized spacial score (nSPS) is 11.1. The predicted molar refractivity (Wildman–Crippen MR) is 128 cm³/mol. The van der Waals surface area contributed by atoms with Gasteiger partial charge >= 0.3 is 0 Å². The number of hydrogen-bond donors (Lipinski definition) is 1. The molecule has 0 fully saturated rings. The quantitative estimate of drug-likeness (QED) is 0.281. The SMILES string of the molecule is Cc1ccc2ccccc2c1COc1ccc(/C=C(\C#N)C(=O)Nc2ccccc2F)cc1. The molecule has 33 heavy (non-hydrogen) atoms. The molecule has 0 atom stereocenters. The molecule has 4 rings (SSSR count). The van der Waals surface area contributed by atoms with Crippen LogP contribution in [0.5, 0.6) is 5.75 Å². The maximum absolute atomic E-state index is 13.8. The fourth-order valence-corrected chi connectivity index (χ4v) is 3.52. The smallest absolute Gasteiger partial charge is 0.266 e. The average Bonchev–Trinajstić information content (AvgIpc) is 2.84. The molecule has 0 aromatic heterocycles. The predicted octanol–water partition coefficient (Wildman–Crippen LogP) is 6.41. The molecular formula is C28H21FN2O2. The summed E-state index contributed by atoms with van der Waals surface area (Å²) in [6, 6.07) is 27.2. The number of nitrogens with one attached hydrogen (secondary N) is 1. The number of amides is 1. The van der Waals surface area contributed by atoms with Crippen molar-refractivity contribution in [2.75, 3.05) is 5.32 Å². The molecule has 0 aliphatic carbocycles. The number of benzene rings is 4. The molecule has 0 saturated carbocycles. The first-order valence-corrected chi connectivity index (χ1v) is 10.4. The molecule has 1 N–H and O–H groups in total. The highest BCUT2D eigenvalue weighted by molar-refractivity contribution is 6.09. The minimum absolute atomic E-state index is 0.0242. The Bertz CT molecular complexity index is 1390. The van der Waals surface area contributed by atoms with Gasteiger partial charge in [-0.1, -0.05) is 60.7 Å². The molecule has 1 amide bonds. The van der Waals surface area contributed by atoms with Crippen LogP contribution in [0.25, 0.3) is 16.8 Å². The molecule has 4 aromatic rings. The summed E-state index contributed by atoms with van der Waals surface area (Å²) in [6.45, 7) is 2.49. The van der Waals surface area contributed by atoms with Gasteiger partial charge in [-0.15, -0.1) is 0 Å². The van der Waals surface area contributed by atoms with Gasteiger partial charge in [0.25, 0.3) is 5.91 Å². The lowest BCUT2D eigenvalue weighted by atomic mass is 10.0. The summed E-state index contributed by atoms with van der Waals surface area (Å²) in [5.74, 6) is -0.561. The molecule has 0 aliphatic heterocycles. The molecule has 162 valence electrons. The third-order valence-corrected chi connectivity index (χ3v) is 5.34. The lowest BCUT2D eigenvalue weighted by molar-refractivity contribution is -0.112. The van der Waals surface area contributed by atoms with Crippen LogP contribution in [0.2, 0.25) is 0 Å². The van der Waals surface area contributed by atoms with E-state index >= 15 is 0 Å². The maximum Gasteiger partial charge on any atom is 0.266 e. The van der Waals surface area contributed by atoms with E-state index in [9.17, 15) is 14.4 Å². The molecule has 4 aromatic carbocycles. The van der Waals surface area contributed by atoms with Gasteiger partial charge in [-0.2, -0.15) is 5.26 Å². The lowest BCUT2D eigenvalue weighted by Gasteiger charge is -2.12. The number of hydrogen-bond acceptors (Lipinski definition) is 3. The number of anilines is 1. The number of carbonyl (C=O) groups excluding carboxylic acids is 1. The van der Waals surface area contributed by atoms with Crippen LogP contribution in [0.3, 0.4) is 0 Å². The Balaban J connectivity index is 1.46. The molecule has 0 saturated heterocycles. The van der Waals surface area contributed by atoms with Crippen molar-refractivity contribution in [1.82, 2.24) is 0 Å². The van der Waals surface area contributed by atoms with Crippen LogP contribution in [0.4, 0.5) is 10.1 Å². The molecular weight excluding hydrogens is 415 g/mol. The summed E-state index contributed by atoms with van der Waals surface area (Å²) in [6.07, 6.45) is 1.45. The van der Waals surface area contributed by atoms with Crippen molar-refractivity contribution in [3.63, 3.8) is 0 Å². The Morgan fingerprint density at radius 2 is 1.73 bits per heavy atom. The number of ether oxygens (including phenoxy) is 1. The zero-order valence-electron chi connectivity index (χ0n) is 18.0. The van der Waals surface area contributed by atoms with Crippen molar-refractivity contribution in [2.24, 2.45) is 0 Å². The molecule has 0 spiro atoms. The first kappa shape index (κ1) is 21.8. The van der Waals surface area contributed by atoms with Crippen molar-refractivity contribution in [2.45, 2.75) is 13.5 Å². The zero-order chi connectivity index (χ0) is 23.2. The van der Waals surface area contributed by atoms with Gasteiger partial charge in [-0.05, 0) is 59.2 Å². The number of para-hydroxylation sites is 1. The van der Waals surface area contributed by atoms with Crippen LogP contribution >= 0.6 is 0 Å². The number of carbonyl (C=O) groups is 1. The van der Waals surface area contributed by atoms with E-state index < -0.39 is 11.7 Å². The van der Waals surface area contributed by atoms with Gasteiger partial charge < -0.3 is 10.1 Å². The van der Waals surface area contributed by atoms with E-state index in [0.29, 0.717) is 17.9 Å². The standard InChI is InChI=1S/C28H21FN2O2/c1-19-10-13-21-6-2-3-7-24(21)25(19)18-33-23-14-11-20(12-15-23)16-22(17-30)28(32)31-27-9-5-4-8-26(27)29/h2-16H,18H2,1H3,(H,31,32)/b22-16+.